The third-order valence-corrected chi connectivity index (χ3v) is 4.85. The standard InChI is InChI=1S/C20H24N10O2/c1-9(26-18(31)14-10(6-21)15(22)25-8-24-14)13-5-11(30-32-13)16-27-12-7-23-19(20(2,3)4)29-17(12)28-16/h5,7-9H,6,21H2,1-4H3,(H,26,31)(H2,22,24,25)(H,23,27,28,29). The van der Waals surface area contributed by atoms with Crippen molar-refractivity contribution in [3.63, 3.8) is 0 Å². The first kappa shape index (κ1) is 21.3. The second kappa shape index (κ2) is 7.96. The zero-order valence-electron chi connectivity index (χ0n) is 18.2. The second-order valence-electron chi connectivity index (χ2n) is 8.37. The van der Waals surface area contributed by atoms with Crippen LogP contribution in [0.25, 0.3) is 22.7 Å². The van der Waals surface area contributed by atoms with Gasteiger partial charge in [-0.1, -0.05) is 25.9 Å². The number of nitrogens with one attached hydrogen (secondary N) is 2. The molecule has 4 heterocycles. The van der Waals surface area contributed by atoms with Gasteiger partial charge in [0.1, 0.15) is 34.9 Å². The topological polar surface area (TPSA) is 187 Å². The Morgan fingerprint density at radius 2 is 2.03 bits per heavy atom. The monoisotopic (exact) mass is 436 g/mol. The molecule has 0 spiro atoms. The van der Waals surface area contributed by atoms with Crippen molar-refractivity contribution in [2.75, 3.05) is 5.73 Å². The van der Waals surface area contributed by atoms with E-state index in [9.17, 15) is 4.79 Å². The summed E-state index contributed by atoms with van der Waals surface area (Å²) >= 11 is 0. The summed E-state index contributed by atoms with van der Waals surface area (Å²) in [6.07, 6.45) is 2.92. The molecular weight excluding hydrogens is 412 g/mol. The first-order valence-electron chi connectivity index (χ1n) is 9.98. The molecule has 1 amide bonds. The molecule has 0 aliphatic rings. The summed E-state index contributed by atoms with van der Waals surface area (Å²) in [6.45, 7) is 7.91. The number of nitrogens with two attached hydrogens (primary N) is 2. The molecule has 0 saturated carbocycles. The number of anilines is 1. The lowest BCUT2D eigenvalue weighted by Crippen LogP contribution is -2.29. The first-order chi connectivity index (χ1) is 15.2. The minimum atomic E-state index is -0.498. The highest BCUT2D eigenvalue weighted by atomic mass is 16.5. The minimum Gasteiger partial charge on any atom is -0.383 e. The third kappa shape index (κ3) is 3.99. The fourth-order valence-corrected chi connectivity index (χ4v) is 3.05. The van der Waals surface area contributed by atoms with Gasteiger partial charge in [-0.3, -0.25) is 4.79 Å². The summed E-state index contributed by atoms with van der Waals surface area (Å²) in [6, 6.07) is 1.20. The maximum absolute atomic E-state index is 12.7. The van der Waals surface area contributed by atoms with Crippen molar-refractivity contribution < 1.29 is 9.32 Å². The molecule has 4 rings (SSSR count). The van der Waals surface area contributed by atoms with Crippen molar-refractivity contribution in [2.24, 2.45) is 5.73 Å². The van der Waals surface area contributed by atoms with E-state index in [1.54, 1.807) is 19.2 Å². The summed E-state index contributed by atoms with van der Waals surface area (Å²) in [5.74, 6) is 1.35. The van der Waals surface area contributed by atoms with Gasteiger partial charge in [0.2, 0.25) is 0 Å². The normalized spacial score (nSPS) is 12.8. The van der Waals surface area contributed by atoms with Gasteiger partial charge in [-0.15, -0.1) is 0 Å². The van der Waals surface area contributed by atoms with E-state index < -0.39 is 11.9 Å². The lowest BCUT2D eigenvalue weighted by molar-refractivity contribution is 0.0927. The van der Waals surface area contributed by atoms with Crippen LogP contribution in [0.4, 0.5) is 5.82 Å². The van der Waals surface area contributed by atoms with Crippen molar-refractivity contribution in [1.82, 2.24) is 40.4 Å². The van der Waals surface area contributed by atoms with E-state index in [1.165, 1.54) is 6.33 Å². The number of nitrogen functional groups attached to an aromatic ring is 1. The van der Waals surface area contributed by atoms with Gasteiger partial charge in [-0.25, -0.2) is 24.9 Å². The highest BCUT2D eigenvalue weighted by Gasteiger charge is 2.22. The molecule has 12 heteroatoms. The SMILES string of the molecule is CC(NC(=O)c1ncnc(N)c1CN)c1cc(-c2nc3nc(C(C)(C)C)ncc3[nH]2)no1. The van der Waals surface area contributed by atoms with E-state index in [0.717, 1.165) is 0 Å². The van der Waals surface area contributed by atoms with E-state index in [0.29, 0.717) is 39.8 Å². The van der Waals surface area contributed by atoms with Crippen molar-refractivity contribution in [1.29, 1.82) is 0 Å². The Morgan fingerprint density at radius 1 is 1.25 bits per heavy atom. The number of aromatic amines is 1. The van der Waals surface area contributed by atoms with Crippen LogP contribution in [0.1, 0.15) is 61.4 Å². The highest BCUT2D eigenvalue weighted by molar-refractivity contribution is 5.94. The number of hydrogen-bond donors (Lipinski definition) is 4. The van der Waals surface area contributed by atoms with Crippen LogP contribution in [0.3, 0.4) is 0 Å². The summed E-state index contributed by atoms with van der Waals surface area (Å²) < 4.78 is 5.43. The van der Waals surface area contributed by atoms with Crippen LogP contribution in [0.2, 0.25) is 0 Å². The molecule has 6 N–H and O–H groups in total. The molecule has 0 aliphatic carbocycles. The summed E-state index contributed by atoms with van der Waals surface area (Å²) in [4.78, 5) is 37.1. The fraction of sp³-hybridized carbons (Fsp3) is 0.350. The number of H-pyrrole nitrogens is 1. The quantitative estimate of drug-likeness (QED) is 0.358. The van der Waals surface area contributed by atoms with Crippen molar-refractivity contribution in [3.05, 3.63) is 41.4 Å². The molecule has 0 aliphatic heterocycles. The lowest BCUT2D eigenvalue weighted by atomic mass is 9.96. The van der Waals surface area contributed by atoms with Gasteiger partial charge in [0.25, 0.3) is 5.91 Å². The maximum Gasteiger partial charge on any atom is 0.271 e. The van der Waals surface area contributed by atoms with Gasteiger partial charge in [0.05, 0.1) is 12.2 Å². The fourth-order valence-electron chi connectivity index (χ4n) is 3.05. The number of nitrogens with zero attached hydrogens (tertiary/aromatic N) is 6. The van der Waals surface area contributed by atoms with Gasteiger partial charge >= 0.3 is 0 Å². The molecule has 0 radical (unpaired) electrons. The smallest absolute Gasteiger partial charge is 0.271 e. The number of fused-ring (bicyclic) bond motifs is 1. The molecule has 0 aromatic carbocycles. The van der Waals surface area contributed by atoms with Gasteiger partial charge in [0.15, 0.2) is 17.2 Å². The first-order valence-corrected chi connectivity index (χ1v) is 9.98. The van der Waals surface area contributed by atoms with Gasteiger partial charge in [0, 0.05) is 23.6 Å². The Kier molecular flexibility index (Phi) is 5.30. The molecule has 32 heavy (non-hydrogen) atoms. The van der Waals surface area contributed by atoms with Crippen molar-refractivity contribution >= 4 is 22.9 Å². The zero-order valence-corrected chi connectivity index (χ0v) is 18.2. The Labute approximate surface area is 183 Å². The molecule has 12 nitrogen and oxygen atoms in total. The van der Waals surface area contributed by atoms with Crippen LogP contribution in [0.15, 0.2) is 23.1 Å². The van der Waals surface area contributed by atoms with E-state index in [-0.39, 0.29) is 23.5 Å². The van der Waals surface area contributed by atoms with E-state index >= 15 is 0 Å². The van der Waals surface area contributed by atoms with Crippen LogP contribution in [-0.4, -0.2) is 41.0 Å². The van der Waals surface area contributed by atoms with Gasteiger partial charge in [-0.05, 0) is 6.92 Å². The molecule has 1 atom stereocenters. The van der Waals surface area contributed by atoms with Crippen LogP contribution < -0.4 is 16.8 Å². The molecule has 0 saturated heterocycles. The van der Waals surface area contributed by atoms with Crippen LogP contribution in [-0.2, 0) is 12.0 Å². The third-order valence-electron chi connectivity index (χ3n) is 4.85. The summed E-state index contributed by atoms with van der Waals surface area (Å²) in [5, 5.41) is 6.87. The van der Waals surface area contributed by atoms with E-state index in [2.05, 4.69) is 40.4 Å². The summed E-state index contributed by atoms with van der Waals surface area (Å²) in [5.41, 5.74) is 13.5. The minimum absolute atomic E-state index is 0.0438. The zero-order chi connectivity index (χ0) is 23.0. The van der Waals surface area contributed by atoms with E-state index in [4.69, 9.17) is 16.0 Å². The largest absolute Gasteiger partial charge is 0.383 e. The number of carbonyl (C=O) groups excluding carboxylic acids is 1. The molecule has 0 bridgehead atoms. The Bertz CT molecular complexity index is 1290. The second-order valence-corrected chi connectivity index (χ2v) is 8.37. The average Bonchev–Trinajstić information content (AvgIpc) is 3.39. The molecule has 166 valence electrons. The van der Waals surface area contributed by atoms with Crippen LogP contribution in [0.5, 0.6) is 0 Å². The number of imidazole rings is 1. The molecule has 0 fully saturated rings. The average molecular weight is 436 g/mol. The highest BCUT2D eigenvalue weighted by Crippen LogP contribution is 2.24. The number of hydrogen-bond acceptors (Lipinski definition) is 10. The Balaban J connectivity index is 1.55. The molecular formula is C20H24N10O2. The van der Waals surface area contributed by atoms with Crippen molar-refractivity contribution in [3.8, 4) is 11.5 Å². The predicted octanol–water partition coefficient (Wildman–Crippen LogP) is 1.63. The van der Waals surface area contributed by atoms with Gasteiger partial charge in [-0.2, -0.15) is 0 Å². The van der Waals surface area contributed by atoms with Crippen LogP contribution in [0, 0.1) is 0 Å². The molecule has 4 aromatic heterocycles. The lowest BCUT2D eigenvalue weighted by Gasteiger charge is -2.15. The number of aromatic nitrogens is 7. The van der Waals surface area contributed by atoms with Gasteiger partial charge < -0.3 is 26.3 Å². The van der Waals surface area contributed by atoms with Crippen molar-refractivity contribution in [2.45, 2.75) is 45.7 Å². The van der Waals surface area contributed by atoms with Crippen LogP contribution >= 0.6 is 0 Å². The number of amides is 1. The predicted molar refractivity (Wildman–Crippen MR) is 116 cm³/mol. The Hall–Kier alpha value is -3.93. The Morgan fingerprint density at radius 3 is 2.75 bits per heavy atom. The molecule has 1 unspecified atom stereocenters. The summed E-state index contributed by atoms with van der Waals surface area (Å²) in [7, 11) is 0. The molecule has 4 aromatic rings. The van der Waals surface area contributed by atoms with E-state index in [1.807, 2.05) is 20.8 Å². The number of carbonyl (C=O) groups is 1. The maximum atomic E-state index is 12.7. The number of rotatable bonds is 5.